The van der Waals surface area contributed by atoms with E-state index in [9.17, 15) is 0 Å². The average molecular weight is 506 g/mol. The minimum absolute atomic E-state index is 0.266. The van der Waals surface area contributed by atoms with Gasteiger partial charge in [-0.25, -0.2) is 9.97 Å². The second-order valence-electron chi connectivity index (χ2n) is 10.8. The molecule has 3 aromatic heterocycles. The Morgan fingerprint density at radius 1 is 0.921 bits per heavy atom. The van der Waals surface area contributed by atoms with Crippen molar-refractivity contribution in [2.24, 2.45) is 5.92 Å². The van der Waals surface area contributed by atoms with Gasteiger partial charge in [-0.2, -0.15) is 5.10 Å². The molecule has 3 N–H and O–H groups in total. The third-order valence-electron chi connectivity index (χ3n) is 7.49. The van der Waals surface area contributed by atoms with E-state index in [0.717, 1.165) is 75.4 Å². The molecule has 192 valence electrons. The average Bonchev–Trinajstić information content (AvgIpc) is 3.64. The van der Waals surface area contributed by atoms with Gasteiger partial charge < -0.3 is 19.6 Å². The highest BCUT2D eigenvalue weighted by atomic mass is 16.5. The van der Waals surface area contributed by atoms with Crippen molar-refractivity contribution in [1.29, 1.82) is 0 Å². The Labute approximate surface area is 220 Å². The van der Waals surface area contributed by atoms with Gasteiger partial charge in [0.05, 0.1) is 40.3 Å². The van der Waals surface area contributed by atoms with Crippen LogP contribution >= 0.6 is 0 Å². The van der Waals surface area contributed by atoms with E-state index in [1.807, 2.05) is 24.3 Å². The SMILES string of the molecule is CC(C)CC1CN(c2ccc3[nH]c(-c4ccc5c(-c6nc7ccccc7[nH]6)n[nH]c5c4)nc3c2)C(C)CO1. The lowest BCUT2D eigenvalue weighted by Gasteiger charge is -2.40. The summed E-state index contributed by atoms with van der Waals surface area (Å²) in [5.74, 6) is 2.22. The number of benzene rings is 3. The number of para-hydroxylation sites is 2. The number of aromatic amines is 3. The van der Waals surface area contributed by atoms with E-state index in [2.05, 4.69) is 82.2 Å². The Hall–Kier alpha value is -4.17. The Balaban J connectivity index is 1.19. The number of ether oxygens (including phenoxy) is 1. The molecule has 2 atom stereocenters. The lowest BCUT2D eigenvalue weighted by molar-refractivity contribution is 0.0109. The van der Waals surface area contributed by atoms with E-state index >= 15 is 0 Å². The number of hydrogen-bond acceptors (Lipinski definition) is 5. The first-order chi connectivity index (χ1) is 18.5. The molecule has 0 aliphatic carbocycles. The molecule has 2 unspecified atom stereocenters. The van der Waals surface area contributed by atoms with Crippen molar-refractivity contribution < 1.29 is 4.74 Å². The maximum Gasteiger partial charge on any atom is 0.159 e. The van der Waals surface area contributed by atoms with Crippen molar-refractivity contribution in [2.75, 3.05) is 18.1 Å². The Bertz CT molecular complexity index is 1730. The van der Waals surface area contributed by atoms with Crippen molar-refractivity contribution in [2.45, 2.75) is 39.3 Å². The summed E-state index contributed by atoms with van der Waals surface area (Å²) in [6.45, 7) is 8.39. The highest BCUT2D eigenvalue weighted by Gasteiger charge is 2.27. The molecule has 0 spiro atoms. The highest BCUT2D eigenvalue weighted by molar-refractivity contribution is 5.95. The van der Waals surface area contributed by atoms with Crippen molar-refractivity contribution in [3.63, 3.8) is 0 Å². The number of nitrogens with zero attached hydrogens (tertiary/aromatic N) is 4. The number of aromatic nitrogens is 6. The summed E-state index contributed by atoms with van der Waals surface area (Å²) in [5, 5.41) is 8.76. The molecule has 1 fully saturated rings. The third kappa shape index (κ3) is 4.01. The summed E-state index contributed by atoms with van der Waals surface area (Å²) < 4.78 is 6.11. The standard InChI is InChI=1S/C30H31N7O/c1-17(2)12-21-15-37(18(3)16-38-21)20-9-11-25-27(14-20)34-29(31-25)19-8-10-22-26(13-19)35-36-28(22)30-32-23-6-4-5-7-24(23)33-30/h4-11,13-14,17-18,21H,12,15-16H2,1-3H3,(H,31,34)(H,32,33)(H,35,36). The van der Waals surface area contributed by atoms with E-state index in [4.69, 9.17) is 14.7 Å². The van der Waals surface area contributed by atoms with Gasteiger partial charge in [0.25, 0.3) is 0 Å². The zero-order valence-corrected chi connectivity index (χ0v) is 21.8. The van der Waals surface area contributed by atoms with Crippen LogP contribution in [-0.2, 0) is 4.74 Å². The van der Waals surface area contributed by atoms with Crippen LogP contribution in [0.3, 0.4) is 0 Å². The van der Waals surface area contributed by atoms with Crippen molar-refractivity contribution in [3.05, 3.63) is 60.7 Å². The number of imidazole rings is 2. The van der Waals surface area contributed by atoms with Gasteiger partial charge in [0.2, 0.25) is 0 Å². The molecule has 0 radical (unpaired) electrons. The number of fused-ring (bicyclic) bond motifs is 3. The lowest BCUT2D eigenvalue weighted by Crippen LogP contribution is -2.48. The largest absolute Gasteiger partial charge is 0.374 e. The van der Waals surface area contributed by atoms with Crippen molar-refractivity contribution >= 4 is 38.7 Å². The number of H-pyrrole nitrogens is 3. The Kier molecular flexibility index (Phi) is 5.44. The minimum Gasteiger partial charge on any atom is -0.374 e. The van der Waals surface area contributed by atoms with Crippen molar-refractivity contribution in [3.8, 4) is 22.9 Å². The van der Waals surface area contributed by atoms with Crippen LogP contribution < -0.4 is 4.90 Å². The normalized spacial score (nSPS) is 18.4. The predicted octanol–water partition coefficient (Wildman–Crippen LogP) is 6.29. The van der Waals surface area contributed by atoms with Gasteiger partial charge in [0.15, 0.2) is 5.82 Å². The third-order valence-corrected chi connectivity index (χ3v) is 7.49. The smallest absolute Gasteiger partial charge is 0.159 e. The zero-order chi connectivity index (χ0) is 25.8. The number of nitrogens with one attached hydrogen (secondary N) is 3. The molecule has 1 aliphatic heterocycles. The van der Waals surface area contributed by atoms with E-state index in [-0.39, 0.29) is 6.10 Å². The van der Waals surface area contributed by atoms with Crippen LogP contribution in [0.25, 0.3) is 55.9 Å². The molecule has 1 saturated heterocycles. The van der Waals surface area contributed by atoms with Crippen LogP contribution in [0, 0.1) is 5.92 Å². The first-order valence-electron chi connectivity index (χ1n) is 13.3. The summed E-state index contributed by atoms with van der Waals surface area (Å²) in [7, 11) is 0. The van der Waals surface area contributed by atoms with E-state index in [1.54, 1.807) is 0 Å². The molecule has 4 heterocycles. The lowest BCUT2D eigenvalue weighted by atomic mass is 10.0. The topological polar surface area (TPSA) is 98.5 Å². The maximum atomic E-state index is 6.11. The van der Waals surface area contributed by atoms with Crippen LogP contribution in [0.4, 0.5) is 5.69 Å². The van der Waals surface area contributed by atoms with Gasteiger partial charge in [-0.1, -0.05) is 32.0 Å². The molecule has 0 bridgehead atoms. The maximum absolute atomic E-state index is 6.11. The summed E-state index contributed by atoms with van der Waals surface area (Å²) in [4.78, 5) is 19.0. The van der Waals surface area contributed by atoms with E-state index in [0.29, 0.717) is 12.0 Å². The fraction of sp³-hybridized carbons (Fsp3) is 0.300. The summed E-state index contributed by atoms with van der Waals surface area (Å²) in [6, 6.07) is 21.1. The molecule has 6 aromatic rings. The quantitative estimate of drug-likeness (QED) is 0.256. The molecule has 0 amide bonds. The van der Waals surface area contributed by atoms with Gasteiger partial charge in [-0.3, -0.25) is 5.10 Å². The molecule has 7 rings (SSSR count). The summed E-state index contributed by atoms with van der Waals surface area (Å²) in [6.07, 6.45) is 1.34. The Morgan fingerprint density at radius 2 is 1.74 bits per heavy atom. The van der Waals surface area contributed by atoms with E-state index < -0.39 is 0 Å². The van der Waals surface area contributed by atoms with Crippen LogP contribution in [-0.4, -0.2) is 55.4 Å². The van der Waals surface area contributed by atoms with Gasteiger partial charge >= 0.3 is 0 Å². The van der Waals surface area contributed by atoms with Crippen LogP contribution in [0.2, 0.25) is 0 Å². The molecule has 8 heteroatoms. The van der Waals surface area contributed by atoms with Gasteiger partial charge in [-0.05, 0) is 61.7 Å². The minimum atomic E-state index is 0.266. The Morgan fingerprint density at radius 3 is 2.61 bits per heavy atom. The van der Waals surface area contributed by atoms with Crippen LogP contribution in [0.5, 0.6) is 0 Å². The second-order valence-corrected chi connectivity index (χ2v) is 10.8. The summed E-state index contributed by atoms with van der Waals surface area (Å²) in [5.41, 5.74) is 7.87. The van der Waals surface area contributed by atoms with Gasteiger partial charge in [0.1, 0.15) is 11.5 Å². The molecular formula is C30H31N7O. The fourth-order valence-corrected chi connectivity index (χ4v) is 5.57. The number of anilines is 1. The molecule has 8 nitrogen and oxygen atoms in total. The highest BCUT2D eigenvalue weighted by Crippen LogP contribution is 2.31. The number of hydrogen-bond donors (Lipinski definition) is 3. The van der Waals surface area contributed by atoms with Gasteiger partial charge in [0, 0.05) is 29.2 Å². The molecule has 1 aliphatic rings. The summed E-state index contributed by atoms with van der Waals surface area (Å²) >= 11 is 0. The van der Waals surface area contributed by atoms with Crippen LogP contribution in [0.15, 0.2) is 60.7 Å². The monoisotopic (exact) mass is 505 g/mol. The second kappa shape index (κ2) is 8.99. The molecule has 3 aromatic carbocycles. The van der Waals surface area contributed by atoms with E-state index in [1.165, 1.54) is 5.69 Å². The number of morpholine rings is 1. The van der Waals surface area contributed by atoms with Crippen molar-refractivity contribution in [1.82, 2.24) is 30.1 Å². The van der Waals surface area contributed by atoms with Gasteiger partial charge in [-0.15, -0.1) is 0 Å². The molecule has 0 saturated carbocycles. The van der Waals surface area contributed by atoms with Crippen LogP contribution in [0.1, 0.15) is 27.2 Å². The first-order valence-corrected chi connectivity index (χ1v) is 13.3. The fourth-order valence-electron chi connectivity index (χ4n) is 5.57. The molecule has 38 heavy (non-hydrogen) atoms. The predicted molar refractivity (Wildman–Crippen MR) is 152 cm³/mol. The number of rotatable bonds is 5. The molecular weight excluding hydrogens is 474 g/mol. The zero-order valence-electron chi connectivity index (χ0n) is 21.8. The first kappa shape index (κ1) is 23.0.